The van der Waals surface area contributed by atoms with Crippen molar-refractivity contribution in [1.82, 2.24) is 0 Å². The van der Waals surface area contributed by atoms with E-state index in [-0.39, 0.29) is 6.10 Å². The Morgan fingerprint density at radius 2 is 2.13 bits per heavy atom. The van der Waals surface area contributed by atoms with Gasteiger partial charge in [0.05, 0.1) is 12.7 Å². The molecule has 1 atom stereocenters. The van der Waals surface area contributed by atoms with Gasteiger partial charge < -0.3 is 4.74 Å². The standard InChI is InChI=1S/C13H20O2/c1-2-9-15-12-10-11(14)5-8-13(12)6-3-4-7-13/h2,12H,1,3-10H2. The second-order valence-corrected chi connectivity index (χ2v) is 4.92. The quantitative estimate of drug-likeness (QED) is 0.667. The second kappa shape index (κ2) is 4.48. The van der Waals surface area contributed by atoms with Crippen molar-refractivity contribution in [3.05, 3.63) is 12.7 Å². The Morgan fingerprint density at radius 1 is 1.40 bits per heavy atom. The summed E-state index contributed by atoms with van der Waals surface area (Å²) in [6.07, 6.45) is 9.52. The lowest BCUT2D eigenvalue weighted by Gasteiger charge is -2.40. The predicted octanol–water partition coefficient (Wildman–Crippen LogP) is 2.87. The molecule has 0 radical (unpaired) electrons. The molecule has 0 heterocycles. The van der Waals surface area contributed by atoms with Gasteiger partial charge in [-0.1, -0.05) is 18.9 Å². The highest BCUT2D eigenvalue weighted by molar-refractivity contribution is 5.80. The van der Waals surface area contributed by atoms with E-state index in [0.717, 1.165) is 12.8 Å². The molecular formula is C13H20O2. The lowest BCUT2D eigenvalue weighted by atomic mass is 9.70. The number of ketones is 1. The molecule has 1 spiro atoms. The third-order valence-corrected chi connectivity index (χ3v) is 4.01. The highest BCUT2D eigenvalue weighted by atomic mass is 16.5. The number of hydrogen-bond donors (Lipinski definition) is 0. The molecule has 15 heavy (non-hydrogen) atoms. The summed E-state index contributed by atoms with van der Waals surface area (Å²) in [5.74, 6) is 0.376. The zero-order chi connectivity index (χ0) is 10.7. The maximum absolute atomic E-state index is 11.5. The Morgan fingerprint density at radius 3 is 2.80 bits per heavy atom. The molecule has 2 aliphatic rings. The lowest BCUT2D eigenvalue weighted by Crippen LogP contribution is -2.41. The molecule has 2 aliphatic carbocycles. The van der Waals surface area contributed by atoms with Crippen molar-refractivity contribution in [3.8, 4) is 0 Å². The van der Waals surface area contributed by atoms with E-state index in [1.165, 1.54) is 25.7 Å². The van der Waals surface area contributed by atoms with Gasteiger partial charge in [0.25, 0.3) is 0 Å². The van der Waals surface area contributed by atoms with Crippen LogP contribution in [0.4, 0.5) is 0 Å². The fraction of sp³-hybridized carbons (Fsp3) is 0.769. The summed E-state index contributed by atoms with van der Waals surface area (Å²) >= 11 is 0. The Hall–Kier alpha value is -0.630. The Labute approximate surface area is 91.7 Å². The van der Waals surface area contributed by atoms with Gasteiger partial charge in [0.1, 0.15) is 5.78 Å². The van der Waals surface area contributed by atoms with Crippen molar-refractivity contribution in [2.24, 2.45) is 5.41 Å². The number of rotatable bonds is 3. The normalized spacial score (nSPS) is 29.6. The largest absolute Gasteiger partial charge is 0.373 e. The number of hydrogen-bond acceptors (Lipinski definition) is 2. The highest BCUT2D eigenvalue weighted by Gasteiger charge is 2.45. The number of carbonyl (C=O) groups is 1. The minimum atomic E-state index is 0.166. The molecule has 0 aromatic heterocycles. The van der Waals surface area contributed by atoms with Crippen LogP contribution in [-0.2, 0) is 9.53 Å². The first kappa shape index (κ1) is 10.9. The smallest absolute Gasteiger partial charge is 0.135 e. The maximum atomic E-state index is 11.5. The van der Waals surface area contributed by atoms with E-state index >= 15 is 0 Å². The predicted molar refractivity (Wildman–Crippen MR) is 59.7 cm³/mol. The molecule has 0 aromatic carbocycles. The number of Topliss-reactive ketones (excluding diaryl/α,β-unsaturated/α-hetero) is 1. The Kier molecular flexibility index (Phi) is 3.25. The first-order valence-corrected chi connectivity index (χ1v) is 6.01. The molecule has 84 valence electrons. The third-order valence-electron chi connectivity index (χ3n) is 4.01. The molecule has 2 rings (SSSR count). The molecule has 0 N–H and O–H groups in total. The van der Waals surface area contributed by atoms with Gasteiger partial charge in [-0.2, -0.15) is 0 Å². The van der Waals surface area contributed by atoms with Crippen LogP contribution in [0.25, 0.3) is 0 Å². The van der Waals surface area contributed by atoms with Gasteiger partial charge in [-0.25, -0.2) is 0 Å². The highest BCUT2D eigenvalue weighted by Crippen LogP contribution is 2.49. The topological polar surface area (TPSA) is 26.3 Å². The van der Waals surface area contributed by atoms with Gasteiger partial charge in [-0.05, 0) is 24.7 Å². The van der Waals surface area contributed by atoms with E-state index in [9.17, 15) is 4.79 Å². The van der Waals surface area contributed by atoms with E-state index in [0.29, 0.717) is 24.2 Å². The molecule has 1 unspecified atom stereocenters. The molecular weight excluding hydrogens is 188 g/mol. The second-order valence-electron chi connectivity index (χ2n) is 4.92. The summed E-state index contributed by atoms with van der Waals surface area (Å²) in [5, 5.41) is 0. The van der Waals surface area contributed by atoms with Crippen LogP contribution in [0.2, 0.25) is 0 Å². The van der Waals surface area contributed by atoms with Crippen LogP contribution in [0.1, 0.15) is 44.9 Å². The van der Waals surface area contributed by atoms with Crippen LogP contribution in [-0.4, -0.2) is 18.5 Å². The monoisotopic (exact) mass is 208 g/mol. The van der Waals surface area contributed by atoms with Crippen molar-refractivity contribution in [2.45, 2.75) is 51.0 Å². The average molecular weight is 208 g/mol. The van der Waals surface area contributed by atoms with Crippen molar-refractivity contribution < 1.29 is 9.53 Å². The first-order valence-electron chi connectivity index (χ1n) is 6.01. The van der Waals surface area contributed by atoms with Gasteiger partial charge >= 0.3 is 0 Å². The fourth-order valence-corrected chi connectivity index (χ4v) is 3.15. The minimum Gasteiger partial charge on any atom is -0.373 e. The summed E-state index contributed by atoms with van der Waals surface area (Å²) in [4.78, 5) is 11.5. The van der Waals surface area contributed by atoms with Crippen LogP contribution in [0, 0.1) is 5.41 Å². The molecule has 0 amide bonds. The molecule has 0 aromatic rings. The maximum Gasteiger partial charge on any atom is 0.135 e. The molecule has 0 saturated heterocycles. The third kappa shape index (κ3) is 2.15. The van der Waals surface area contributed by atoms with E-state index in [4.69, 9.17) is 4.74 Å². The Bertz CT molecular complexity index is 251. The van der Waals surface area contributed by atoms with Crippen molar-refractivity contribution in [2.75, 3.05) is 6.61 Å². The summed E-state index contributed by atoms with van der Waals surface area (Å²) in [5.41, 5.74) is 0.330. The average Bonchev–Trinajstić information content (AvgIpc) is 2.70. The van der Waals surface area contributed by atoms with Crippen LogP contribution in [0.15, 0.2) is 12.7 Å². The fourth-order valence-electron chi connectivity index (χ4n) is 3.15. The van der Waals surface area contributed by atoms with Gasteiger partial charge in [-0.15, -0.1) is 6.58 Å². The zero-order valence-corrected chi connectivity index (χ0v) is 9.34. The summed E-state index contributed by atoms with van der Waals surface area (Å²) in [6, 6.07) is 0. The van der Waals surface area contributed by atoms with E-state index in [1.54, 1.807) is 6.08 Å². The van der Waals surface area contributed by atoms with Crippen LogP contribution < -0.4 is 0 Å². The summed E-state index contributed by atoms with van der Waals surface area (Å²) in [6.45, 7) is 4.25. The minimum absolute atomic E-state index is 0.166. The van der Waals surface area contributed by atoms with Crippen molar-refractivity contribution in [3.63, 3.8) is 0 Å². The van der Waals surface area contributed by atoms with E-state index in [2.05, 4.69) is 6.58 Å². The molecule has 2 heteroatoms. The van der Waals surface area contributed by atoms with E-state index in [1.807, 2.05) is 0 Å². The SMILES string of the molecule is C=CCOC1CC(=O)CCC12CCCC2. The molecule has 0 aliphatic heterocycles. The lowest BCUT2D eigenvalue weighted by molar-refractivity contribution is -0.132. The van der Waals surface area contributed by atoms with Gasteiger partial charge in [0.2, 0.25) is 0 Å². The number of ether oxygens (including phenoxy) is 1. The first-order chi connectivity index (χ1) is 7.27. The van der Waals surface area contributed by atoms with E-state index < -0.39 is 0 Å². The molecule has 2 nitrogen and oxygen atoms in total. The van der Waals surface area contributed by atoms with Gasteiger partial charge in [0, 0.05) is 12.8 Å². The van der Waals surface area contributed by atoms with Crippen LogP contribution in [0.5, 0.6) is 0 Å². The summed E-state index contributed by atoms with van der Waals surface area (Å²) in [7, 11) is 0. The number of carbonyl (C=O) groups excluding carboxylic acids is 1. The molecule has 2 fully saturated rings. The van der Waals surface area contributed by atoms with Crippen molar-refractivity contribution >= 4 is 5.78 Å². The van der Waals surface area contributed by atoms with Gasteiger partial charge in [-0.3, -0.25) is 4.79 Å². The molecule has 2 saturated carbocycles. The summed E-state index contributed by atoms with van der Waals surface area (Å²) < 4.78 is 5.80. The van der Waals surface area contributed by atoms with Crippen LogP contribution >= 0.6 is 0 Å². The van der Waals surface area contributed by atoms with Crippen LogP contribution in [0.3, 0.4) is 0 Å². The molecule has 0 bridgehead atoms. The van der Waals surface area contributed by atoms with Gasteiger partial charge in [0.15, 0.2) is 0 Å². The Balaban J connectivity index is 2.05. The van der Waals surface area contributed by atoms with Crippen molar-refractivity contribution in [1.29, 1.82) is 0 Å². The zero-order valence-electron chi connectivity index (χ0n) is 9.34.